The molecular formula is C14H12BrN3O3. The van der Waals surface area contributed by atoms with Gasteiger partial charge in [-0.3, -0.25) is 14.9 Å². The van der Waals surface area contributed by atoms with Crippen LogP contribution in [-0.2, 0) is 6.54 Å². The van der Waals surface area contributed by atoms with Crippen molar-refractivity contribution in [2.75, 3.05) is 5.73 Å². The monoisotopic (exact) mass is 349 g/mol. The van der Waals surface area contributed by atoms with Crippen molar-refractivity contribution in [1.82, 2.24) is 5.32 Å². The molecular weight excluding hydrogens is 338 g/mol. The summed E-state index contributed by atoms with van der Waals surface area (Å²) in [6, 6.07) is 11.7. The van der Waals surface area contributed by atoms with Gasteiger partial charge in [0.15, 0.2) is 0 Å². The molecule has 6 nitrogen and oxygen atoms in total. The van der Waals surface area contributed by atoms with Gasteiger partial charge in [0.25, 0.3) is 5.91 Å². The maximum absolute atomic E-state index is 12.1. The van der Waals surface area contributed by atoms with Crippen LogP contribution in [0.25, 0.3) is 0 Å². The van der Waals surface area contributed by atoms with Crippen molar-refractivity contribution < 1.29 is 9.72 Å². The number of nitrogens with two attached hydrogens (primary N) is 1. The van der Waals surface area contributed by atoms with Crippen molar-refractivity contribution in [3.8, 4) is 0 Å². The molecule has 1 amide bonds. The zero-order valence-corrected chi connectivity index (χ0v) is 12.5. The van der Waals surface area contributed by atoms with E-state index >= 15 is 0 Å². The van der Waals surface area contributed by atoms with Crippen LogP contribution in [-0.4, -0.2) is 10.8 Å². The summed E-state index contributed by atoms with van der Waals surface area (Å²) in [4.78, 5) is 22.4. The van der Waals surface area contributed by atoms with Crippen LogP contribution < -0.4 is 11.1 Å². The maximum Gasteiger partial charge on any atom is 0.304 e. The average Bonchev–Trinajstić information content (AvgIpc) is 2.45. The Morgan fingerprint density at radius 3 is 2.52 bits per heavy atom. The molecule has 0 saturated carbocycles. The Hall–Kier alpha value is -2.41. The third-order valence-electron chi connectivity index (χ3n) is 2.86. The third-order valence-corrected chi connectivity index (χ3v) is 3.39. The highest BCUT2D eigenvalue weighted by atomic mass is 79.9. The fourth-order valence-corrected chi connectivity index (χ4v) is 2.09. The SMILES string of the molecule is Nc1cccc(C(=O)NCc2ccc(Br)cc2)c1[N+](=O)[O-]. The van der Waals surface area contributed by atoms with Crippen LogP contribution in [0.3, 0.4) is 0 Å². The number of nitrogen functional groups attached to an aromatic ring is 1. The number of nitrogens with one attached hydrogen (secondary N) is 1. The summed E-state index contributed by atoms with van der Waals surface area (Å²) >= 11 is 3.32. The molecule has 2 aromatic carbocycles. The van der Waals surface area contributed by atoms with Crippen LogP contribution in [0.1, 0.15) is 15.9 Å². The minimum absolute atomic E-state index is 0.0312. The van der Waals surface area contributed by atoms with Gasteiger partial charge in [0, 0.05) is 11.0 Å². The van der Waals surface area contributed by atoms with Crippen LogP contribution in [0.2, 0.25) is 0 Å². The topological polar surface area (TPSA) is 98.3 Å². The number of carbonyl (C=O) groups excluding carboxylic acids is 1. The number of nitrogens with zero attached hydrogens (tertiary/aromatic N) is 1. The standard InChI is InChI=1S/C14H12BrN3O3/c15-10-6-4-9(5-7-10)8-17-14(19)11-2-1-3-12(16)13(11)18(20)21/h1-7H,8,16H2,(H,17,19). The molecule has 0 heterocycles. The van der Waals surface area contributed by atoms with Gasteiger partial charge >= 0.3 is 5.69 Å². The van der Waals surface area contributed by atoms with Crippen molar-refractivity contribution in [2.45, 2.75) is 6.54 Å². The first-order valence-electron chi connectivity index (χ1n) is 6.04. The number of benzene rings is 2. The summed E-state index contributed by atoms with van der Waals surface area (Å²) in [5.74, 6) is -0.531. The summed E-state index contributed by atoms with van der Waals surface area (Å²) in [6.45, 7) is 0.276. The molecule has 2 rings (SSSR count). The Morgan fingerprint density at radius 2 is 1.90 bits per heavy atom. The van der Waals surface area contributed by atoms with Gasteiger partial charge in [0.1, 0.15) is 11.3 Å². The first-order valence-corrected chi connectivity index (χ1v) is 6.84. The predicted molar refractivity (Wildman–Crippen MR) is 82.8 cm³/mol. The lowest BCUT2D eigenvalue weighted by Gasteiger charge is -2.07. The molecule has 2 aromatic rings. The molecule has 0 atom stereocenters. The lowest BCUT2D eigenvalue weighted by atomic mass is 10.1. The maximum atomic E-state index is 12.1. The van der Waals surface area contributed by atoms with Crippen molar-refractivity contribution >= 4 is 33.2 Å². The third kappa shape index (κ3) is 3.57. The van der Waals surface area contributed by atoms with E-state index in [1.165, 1.54) is 18.2 Å². The van der Waals surface area contributed by atoms with Gasteiger partial charge < -0.3 is 11.1 Å². The van der Waals surface area contributed by atoms with Crippen molar-refractivity contribution in [3.05, 3.63) is 68.2 Å². The fraction of sp³-hybridized carbons (Fsp3) is 0.0714. The zero-order chi connectivity index (χ0) is 15.4. The first-order chi connectivity index (χ1) is 9.99. The molecule has 0 unspecified atom stereocenters. The van der Waals surface area contributed by atoms with E-state index in [4.69, 9.17) is 5.73 Å². The van der Waals surface area contributed by atoms with Crippen molar-refractivity contribution in [2.24, 2.45) is 0 Å². The minimum Gasteiger partial charge on any atom is -0.393 e. The number of anilines is 1. The second-order valence-corrected chi connectivity index (χ2v) is 5.23. The van der Waals surface area contributed by atoms with E-state index in [0.717, 1.165) is 10.0 Å². The minimum atomic E-state index is -0.649. The van der Waals surface area contributed by atoms with Crippen LogP contribution in [0.5, 0.6) is 0 Å². The Kier molecular flexibility index (Phi) is 4.54. The number of carbonyl (C=O) groups is 1. The molecule has 108 valence electrons. The zero-order valence-electron chi connectivity index (χ0n) is 10.9. The van der Waals surface area contributed by atoms with E-state index in [1.54, 1.807) is 0 Å². The van der Waals surface area contributed by atoms with Gasteiger partial charge in [0.05, 0.1) is 4.92 Å². The number of nitro benzene ring substituents is 1. The van der Waals surface area contributed by atoms with Gasteiger partial charge in [0.2, 0.25) is 0 Å². The summed E-state index contributed by atoms with van der Waals surface area (Å²) < 4.78 is 0.934. The lowest BCUT2D eigenvalue weighted by molar-refractivity contribution is -0.384. The number of hydrogen-bond acceptors (Lipinski definition) is 4. The summed E-state index contributed by atoms with van der Waals surface area (Å²) in [7, 11) is 0. The van der Waals surface area contributed by atoms with Crippen LogP contribution in [0.15, 0.2) is 46.9 Å². The van der Waals surface area contributed by atoms with E-state index in [1.807, 2.05) is 24.3 Å². The van der Waals surface area contributed by atoms with Gasteiger partial charge in [-0.25, -0.2) is 0 Å². The molecule has 0 aliphatic heterocycles. The van der Waals surface area contributed by atoms with Gasteiger partial charge in [-0.15, -0.1) is 0 Å². The highest BCUT2D eigenvalue weighted by molar-refractivity contribution is 9.10. The van der Waals surface area contributed by atoms with Crippen LogP contribution >= 0.6 is 15.9 Å². The van der Waals surface area contributed by atoms with E-state index in [2.05, 4.69) is 21.2 Å². The average molecular weight is 350 g/mol. The number of halogens is 1. The molecule has 21 heavy (non-hydrogen) atoms. The molecule has 3 N–H and O–H groups in total. The normalized spacial score (nSPS) is 10.1. The van der Waals surface area contributed by atoms with E-state index in [9.17, 15) is 14.9 Å². The highest BCUT2D eigenvalue weighted by Crippen LogP contribution is 2.25. The number of rotatable bonds is 4. The molecule has 7 heteroatoms. The Labute approximate surface area is 129 Å². The summed E-state index contributed by atoms with van der Waals surface area (Å²) in [5, 5.41) is 13.6. The van der Waals surface area contributed by atoms with E-state index in [0.29, 0.717) is 0 Å². The van der Waals surface area contributed by atoms with Gasteiger partial charge in [-0.1, -0.05) is 34.1 Å². The quantitative estimate of drug-likeness (QED) is 0.503. The second kappa shape index (κ2) is 6.36. The van der Waals surface area contributed by atoms with E-state index < -0.39 is 10.8 Å². The van der Waals surface area contributed by atoms with Crippen molar-refractivity contribution in [1.29, 1.82) is 0 Å². The lowest BCUT2D eigenvalue weighted by Crippen LogP contribution is -2.24. The van der Waals surface area contributed by atoms with Crippen LogP contribution in [0, 0.1) is 10.1 Å². The fourth-order valence-electron chi connectivity index (χ4n) is 1.83. The molecule has 0 aliphatic rings. The second-order valence-electron chi connectivity index (χ2n) is 4.31. The molecule has 0 bridgehead atoms. The smallest absolute Gasteiger partial charge is 0.304 e. The number of amides is 1. The first kappa shape index (κ1) is 15.0. The van der Waals surface area contributed by atoms with Crippen molar-refractivity contribution in [3.63, 3.8) is 0 Å². The van der Waals surface area contributed by atoms with Crippen LogP contribution in [0.4, 0.5) is 11.4 Å². The Morgan fingerprint density at radius 1 is 1.24 bits per heavy atom. The molecule has 0 saturated heterocycles. The molecule has 0 aromatic heterocycles. The Balaban J connectivity index is 2.16. The Bertz CT molecular complexity index is 686. The largest absolute Gasteiger partial charge is 0.393 e. The summed E-state index contributed by atoms with van der Waals surface area (Å²) in [5.41, 5.74) is 6.00. The number of hydrogen-bond donors (Lipinski definition) is 2. The highest BCUT2D eigenvalue weighted by Gasteiger charge is 2.22. The van der Waals surface area contributed by atoms with Gasteiger partial charge in [-0.05, 0) is 29.8 Å². The molecule has 0 spiro atoms. The summed E-state index contributed by atoms with van der Waals surface area (Å²) in [6.07, 6.45) is 0. The molecule has 0 radical (unpaired) electrons. The number of nitro groups is 1. The van der Waals surface area contributed by atoms with E-state index in [-0.39, 0.29) is 23.5 Å². The van der Waals surface area contributed by atoms with Gasteiger partial charge in [-0.2, -0.15) is 0 Å². The molecule has 0 fully saturated rings. The molecule has 0 aliphatic carbocycles. The number of para-hydroxylation sites is 1. The predicted octanol–water partition coefficient (Wildman–Crippen LogP) is 2.87.